The van der Waals surface area contributed by atoms with Gasteiger partial charge in [-0.1, -0.05) is 241 Å². The molecule has 0 amide bonds. The summed E-state index contributed by atoms with van der Waals surface area (Å²) in [4.78, 5) is 72.0. The summed E-state index contributed by atoms with van der Waals surface area (Å²) in [6, 6.07) is 0. The van der Waals surface area contributed by atoms with Gasteiger partial charge in [-0.25, -0.2) is 9.13 Å². The van der Waals surface area contributed by atoms with Gasteiger partial charge in [-0.05, 0) is 43.4 Å². The Kier molecular flexibility index (Phi) is 51.3. The first-order chi connectivity index (χ1) is 38.3. The Labute approximate surface area is 486 Å². The fraction of sp³-hybridized carbons (Fsp3) is 0.934. The van der Waals surface area contributed by atoms with Crippen LogP contribution < -0.4 is 0 Å². The van der Waals surface area contributed by atoms with Crippen molar-refractivity contribution in [2.75, 3.05) is 39.6 Å². The highest BCUT2D eigenvalue weighted by atomic mass is 31.2. The van der Waals surface area contributed by atoms with Crippen LogP contribution in [0.5, 0.6) is 0 Å². The summed E-state index contributed by atoms with van der Waals surface area (Å²) in [6.07, 6.45) is 32.2. The van der Waals surface area contributed by atoms with E-state index in [0.717, 1.165) is 115 Å². The number of esters is 4. The quantitative estimate of drug-likeness (QED) is 0.0222. The van der Waals surface area contributed by atoms with Crippen molar-refractivity contribution in [2.45, 2.75) is 311 Å². The van der Waals surface area contributed by atoms with Crippen LogP contribution in [0.1, 0.15) is 292 Å². The topological polar surface area (TPSA) is 237 Å². The molecular formula is C61H118O17P2. The van der Waals surface area contributed by atoms with Gasteiger partial charge in [0.05, 0.1) is 26.4 Å². The lowest BCUT2D eigenvalue weighted by Gasteiger charge is -2.21. The lowest BCUT2D eigenvalue weighted by atomic mass is 9.99. The van der Waals surface area contributed by atoms with E-state index in [1.54, 1.807) is 0 Å². The molecule has 0 saturated carbocycles. The predicted molar refractivity (Wildman–Crippen MR) is 317 cm³/mol. The van der Waals surface area contributed by atoms with Gasteiger partial charge in [0, 0.05) is 25.7 Å². The molecule has 0 aliphatic rings. The molecule has 0 aliphatic heterocycles. The van der Waals surface area contributed by atoms with Crippen LogP contribution in [0.2, 0.25) is 0 Å². The molecule has 4 unspecified atom stereocenters. The monoisotopic (exact) mass is 1180 g/mol. The molecule has 19 heteroatoms. The summed E-state index contributed by atoms with van der Waals surface area (Å²) in [7, 11) is -9.88. The van der Waals surface area contributed by atoms with Crippen molar-refractivity contribution in [3.8, 4) is 0 Å². The van der Waals surface area contributed by atoms with E-state index < -0.39 is 97.5 Å². The Hall–Kier alpha value is -1.94. The number of phosphoric acid groups is 2. The van der Waals surface area contributed by atoms with E-state index in [4.69, 9.17) is 37.0 Å². The maximum Gasteiger partial charge on any atom is 0.472 e. The van der Waals surface area contributed by atoms with Crippen LogP contribution in [0.4, 0.5) is 0 Å². The molecule has 0 aliphatic carbocycles. The van der Waals surface area contributed by atoms with E-state index in [9.17, 15) is 43.2 Å². The van der Waals surface area contributed by atoms with Crippen molar-refractivity contribution >= 4 is 39.5 Å². The lowest BCUT2D eigenvalue weighted by molar-refractivity contribution is -0.161. The third-order valence-corrected chi connectivity index (χ3v) is 16.5. The van der Waals surface area contributed by atoms with Crippen molar-refractivity contribution in [1.29, 1.82) is 0 Å². The average molecular weight is 1190 g/mol. The molecule has 3 N–H and O–H groups in total. The van der Waals surface area contributed by atoms with Crippen LogP contribution in [0.3, 0.4) is 0 Å². The van der Waals surface area contributed by atoms with Gasteiger partial charge in [0.2, 0.25) is 0 Å². The minimum atomic E-state index is -4.94. The van der Waals surface area contributed by atoms with Crippen molar-refractivity contribution in [3.63, 3.8) is 0 Å². The Morgan fingerprint density at radius 2 is 0.637 bits per heavy atom. The van der Waals surface area contributed by atoms with E-state index in [-0.39, 0.29) is 25.7 Å². The highest BCUT2D eigenvalue weighted by Crippen LogP contribution is 2.45. The van der Waals surface area contributed by atoms with E-state index in [1.165, 1.54) is 89.9 Å². The summed E-state index contributed by atoms with van der Waals surface area (Å²) < 4.78 is 67.8. The molecule has 0 rings (SSSR count). The molecule has 0 aromatic rings. The van der Waals surface area contributed by atoms with Crippen LogP contribution in [0.25, 0.3) is 0 Å². The second-order valence-corrected chi connectivity index (χ2v) is 26.0. The number of rotatable bonds is 59. The Bertz CT molecular complexity index is 1600. The van der Waals surface area contributed by atoms with Gasteiger partial charge >= 0.3 is 39.5 Å². The molecule has 17 nitrogen and oxygen atoms in total. The zero-order valence-electron chi connectivity index (χ0n) is 51.5. The molecule has 0 heterocycles. The third kappa shape index (κ3) is 52.8. The Balaban J connectivity index is 5.25. The predicted octanol–water partition coefficient (Wildman–Crippen LogP) is 16.3. The second-order valence-electron chi connectivity index (χ2n) is 23.0. The standard InChI is InChI=1S/C61H118O17P2/c1-8-11-12-13-14-20-28-35-42-58(63)71-49-57(78-61(66)45-38-31-24-23-27-34-41-54(7)10-3)51-76-80(69,70)74-47-55(62)46-73-79(67,68)75-50-56(48-72-59(64)43-36-29-22-17-18-25-32-39-52(4)5)77-60(65)44-37-30-21-16-15-19-26-33-40-53(6)9-2/h52-57,62H,8-51H2,1-7H3,(H,67,68)(H,69,70)/t53?,54?,55-,56-,57-/m1/s1. The smallest absolute Gasteiger partial charge is 0.462 e. The fourth-order valence-electron chi connectivity index (χ4n) is 8.89. The second kappa shape index (κ2) is 52.6. The fourth-order valence-corrected chi connectivity index (χ4v) is 10.5. The minimum Gasteiger partial charge on any atom is -0.462 e. The van der Waals surface area contributed by atoms with Crippen LogP contribution >= 0.6 is 15.6 Å². The van der Waals surface area contributed by atoms with Gasteiger partial charge in [-0.2, -0.15) is 0 Å². The summed E-state index contributed by atoms with van der Waals surface area (Å²) in [5, 5.41) is 10.5. The van der Waals surface area contributed by atoms with E-state index in [1.807, 2.05) is 0 Å². The molecule has 0 saturated heterocycles. The summed E-state index contributed by atoms with van der Waals surface area (Å²) in [5.74, 6) is 0.0484. The van der Waals surface area contributed by atoms with Crippen molar-refractivity contribution in [2.24, 2.45) is 17.8 Å². The van der Waals surface area contributed by atoms with Gasteiger partial charge in [-0.3, -0.25) is 37.3 Å². The van der Waals surface area contributed by atoms with Gasteiger partial charge in [0.25, 0.3) is 0 Å². The molecule has 474 valence electrons. The molecule has 0 aromatic heterocycles. The molecule has 0 fully saturated rings. The van der Waals surface area contributed by atoms with Crippen molar-refractivity contribution in [1.82, 2.24) is 0 Å². The summed E-state index contributed by atoms with van der Waals surface area (Å²) >= 11 is 0. The normalized spacial score (nSPS) is 15.1. The molecule has 0 aromatic carbocycles. The van der Waals surface area contributed by atoms with Gasteiger partial charge in [0.15, 0.2) is 12.2 Å². The summed E-state index contributed by atoms with van der Waals surface area (Å²) in [6.45, 7) is 11.6. The maximum absolute atomic E-state index is 12.9. The number of ether oxygens (including phenoxy) is 4. The van der Waals surface area contributed by atoms with E-state index in [2.05, 4.69) is 48.5 Å². The van der Waals surface area contributed by atoms with Crippen molar-refractivity contribution < 1.29 is 80.2 Å². The number of carbonyl (C=O) groups is 4. The first-order valence-electron chi connectivity index (χ1n) is 31.9. The molecule has 7 atom stereocenters. The molecule has 0 spiro atoms. The molecule has 80 heavy (non-hydrogen) atoms. The van der Waals surface area contributed by atoms with Crippen LogP contribution in [0, 0.1) is 17.8 Å². The van der Waals surface area contributed by atoms with Gasteiger partial charge in [-0.15, -0.1) is 0 Å². The number of hydrogen-bond acceptors (Lipinski definition) is 15. The number of aliphatic hydroxyl groups is 1. The Morgan fingerprint density at radius 3 is 0.950 bits per heavy atom. The van der Waals surface area contributed by atoms with Gasteiger partial charge in [0.1, 0.15) is 19.3 Å². The number of phosphoric ester groups is 2. The third-order valence-electron chi connectivity index (χ3n) is 14.6. The minimum absolute atomic E-state index is 0.102. The first-order valence-corrected chi connectivity index (χ1v) is 34.9. The number of aliphatic hydroxyl groups excluding tert-OH is 1. The highest BCUT2D eigenvalue weighted by molar-refractivity contribution is 7.47. The zero-order valence-corrected chi connectivity index (χ0v) is 53.3. The van der Waals surface area contributed by atoms with Crippen LogP contribution in [-0.2, 0) is 65.4 Å². The van der Waals surface area contributed by atoms with Crippen LogP contribution in [-0.4, -0.2) is 96.7 Å². The molecular weight excluding hydrogens is 1070 g/mol. The molecule has 0 bridgehead atoms. The molecule has 0 radical (unpaired) electrons. The number of unbranched alkanes of at least 4 members (excludes halogenated alkanes) is 25. The zero-order chi connectivity index (χ0) is 59.5. The SMILES string of the molecule is CCCCCCCCCCC(=O)OC[C@H](COP(=O)(O)OC[C@H](O)COP(=O)(O)OC[C@@H](COC(=O)CCCCCCCCCC(C)C)OC(=O)CCCCCCCCCCC(C)CC)OC(=O)CCCCCCCCC(C)CC. The van der Waals surface area contributed by atoms with Crippen LogP contribution in [0.15, 0.2) is 0 Å². The number of carbonyl (C=O) groups excluding carboxylic acids is 4. The highest BCUT2D eigenvalue weighted by Gasteiger charge is 2.30. The van der Waals surface area contributed by atoms with Crippen molar-refractivity contribution in [3.05, 3.63) is 0 Å². The van der Waals surface area contributed by atoms with E-state index >= 15 is 0 Å². The largest absolute Gasteiger partial charge is 0.472 e. The number of hydrogen-bond donors (Lipinski definition) is 3. The maximum atomic E-state index is 12.9. The lowest BCUT2D eigenvalue weighted by Crippen LogP contribution is -2.30. The average Bonchev–Trinajstić information content (AvgIpc) is 3.42. The first kappa shape index (κ1) is 78.1. The van der Waals surface area contributed by atoms with E-state index in [0.29, 0.717) is 31.6 Å². The summed E-state index contributed by atoms with van der Waals surface area (Å²) in [5.41, 5.74) is 0. The Morgan fingerprint density at radius 1 is 0.362 bits per heavy atom. The van der Waals surface area contributed by atoms with Gasteiger partial charge < -0.3 is 33.8 Å².